The zero-order valence-corrected chi connectivity index (χ0v) is 9.76. The SMILES string of the molecule is Nc1cc(Cl)ccc1-c1cnccc1C(F)(F)F. The minimum absolute atomic E-state index is 0.0563. The van der Waals surface area contributed by atoms with Gasteiger partial charge in [-0.15, -0.1) is 0 Å². The first kappa shape index (κ1) is 12.7. The van der Waals surface area contributed by atoms with Gasteiger partial charge in [-0.3, -0.25) is 4.98 Å². The Hall–Kier alpha value is -1.75. The van der Waals surface area contributed by atoms with Crippen LogP contribution in [-0.4, -0.2) is 4.98 Å². The summed E-state index contributed by atoms with van der Waals surface area (Å²) in [7, 11) is 0. The van der Waals surface area contributed by atoms with Crippen LogP contribution in [0.15, 0.2) is 36.7 Å². The van der Waals surface area contributed by atoms with Crippen molar-refractivity contribution in [2.45, 2.75) is 6.18 Å². The van der Waals surface area contributed by atoms with Crippen LogP contribution in [-0.2, 0) is 6.18 Å². The molecule has 0 radical (unpaired) electrons. The highest BCUT2D eigenvalue weighted by molar-refractivity contribution is 6.31. The lowest BCUT2D eigenvalue weighted by molar-refractivity contribution is -0.137. The van der Waals surface area contributed by atoms with Crippen molar-refractivity contribution in [1.29, 1.82) is 0 Å². The number of hydrogen-bond acceptors (Lipinski definition) is 2. The van der Waals surface area contributed by atoms with Gasteiger partial charge in [-0.05, 0) is 18.2 Å². The number of nitrogen functional groups attached to an aromatic ring is 1. The Balaban J connectivity index is 2.64. The van der Waals surface area contributed by atoms with Crippen LogP contribution in [0.5, 0.6) is 0 Å². The van der Waals surface area contributed by atoms with Gasteiger partial charge in [-0.25, -0.2) is 0 Å². The summed E-state index contributed by atoms with van der Waals surface area (Å²) in [4.78, 5) is 3.71. The molecule has 1 aromatic carbocycles. The first-order valence-electron chi connectivity index (χ1n) is 4.96. The average Bonchev–Trinajstić information content (AvgIpc) is 2.28. The summed E-state index contributed by atoms with van der Waals surface area (Å²) in [6.07, 6.45) is -2.22. The molecule has 0 saturated carbocycles. The molecule has 0 saturated heterocycles. The summed E-state index contributed by atoms with van der Waals surface area (Å²) in [5, 5.41) is 0.369. The molecule has 0 aliphatic heterocycles. The number of aromatic nitrogens is 1. The van der Waals surface area contributed by atoms with Gasteiger partial charge in [0, 0.05) is 34.2 Å². The smallest absolute Gasteiger partial charge is 0.398 e. The number of rotatable bonds is 1. The van der Waals surface area contributed by atoms with E-state index in [0.29, 0.717) is 5.02 Å². The standard InChI is InChI=1S/C12H8ClF3N2/c13-7-1-2-8(11(17)5-7)9-6-18-4-3-10(9)12(14,15)16/h1-6H,17H2. The molecule has 0 amide bonds. The van der Waals surface area contributed by atoms with Crippen LogP contribution in [0, 0.1) is 0 Å². The molecule has 2 nitrogen and oxygen atoms in total. The first-order chi connectivity index (χ1) is 8.39. The number of halogens is 4. The fourth-order valence-corrected chi connectivity index (χ4v) is 1.82. The largest absolute Gasteiger partial charge is 0.417 e. The quantitative estimate of drug-likeness (QED) is 0.797. The Morgan fingerprint density at radius 3 is 2.44 bits per heavy atom. The fraction of sp³-hybridized carbons (Fsp3) is 0.0833. The highest BCUT2D eigenvalue weighted by atomic mass is 35.5. The van der Waals surface area contributed by atoms with Crippen molar-refractivity contribution in [3.63, 3.8) is 0 Å². The monoisotopic (exact) mass is 272 g/mol. The number of alkyl halides is 3. The van der Waals surface area contributed by atoms with Gasteiger partial charge in [0.2, 0.25) is 0 Å². The third kappa shape index (κ3) is 2.41. The van der Waals surface area contributed by atoms with Gasteiger partial charge in [-0.2, -0.15) is 13.2 Å². The second kappa shape index (κ2) is 4.49. The Labute approximate surface area is 106 Å². The molecule has 2 rings (SSSR count). The number of nitrogens with zero attached hydrogens (tertiary/aromatic N) is 1. The van der Waals surface area contributed by atoms with Crippen LogP contribution >= 0.6 is 11.6 Å². The van der Waals surface area contributed by atoms with Gasteiger partial charge in [0.25, 0.3) is 0 Å². The minimum Gasteiger partial charge on any atom is -0.398 e. The van der Waals surface area contributed by atoms with Crippen LogP contribution in [0.25, 0.3) is 11.1 Å². The van der Waals surface area contributed by atoms with Gasteiger partial charge in [0.05, 0.1) is 5.56 Å². The Kier molecular flexibility index (Phi) is 3.17. The summed E-state index contributed by atoms with van der Waals surface area (Å²) < 4.78 is 38.6. The molecular weight excluding hydrogens is 265 g/mol. The van der Waals surface area contributed by atoms with Gasteiger partial charge in [0.15, 0.2) is 0 Å². The normalized spacial score (nSPS) is 11.6. The third-order valence-electron chi connectivity index (χ3n) is 2.43. The van der Waals surface area contributed by atoms with Crippen LogP contribution in [0.3, 0.4) is 0 Å². The van der Waals surface area contributed by atoms with E-state index in [9.17, 15) is 13.2 Å². The van der Waals surface area contributed by atoms with Crippen LogP contribution in [0.4, 0.5) is 18.9 Å². The molecule has 0 aliphatic rings. The van der Waals surface area contributed by atoms with E-state index in [4.69, 9.17) is 17.3 Å². The number of nitrogens with two attached hydrogens (primary N) is 1. The molecule has 2 aromatic rings. The number of anilines is 1. The summed E-state index contributed by atoms with van der Waals surface area (Å²) in [5.41, 5.74) is 5.30. The van der Waals surface area contributed by atoms with E-state index in [1.807, 2.05) is 0 Å². The number of pyridine rings is 1. The summed E-state index contributed by atoms with van der Waals surface area (Å²) in [5.74, 6) is 0. The van der Waals surface area contributed by atoms with Crippen molar-refractivity contribution in [1.82, 2.24) is 4.98 Å². The second-order valence-corrected chi connectivity index (χ2v) is 4.09. The predicted molar refractivity (Wildman–Crippen MR) is 64.1 cm³/mol. The molecule has 0 atom stereocenters. The zero-order chi connectivity index (χ0) is 13.3. The molecule has 0 aliphatic carbocycles. The Morgan fingerprint density at radius 2 is 1.83 bits per heavy atom. The lowest BCUT2D eigenvalue weighted by Crippen LogP contribution is -2.08. The molecule has 0 spiro atoms. The summed E-state index contributed by atoms with van der Waals surface area (Å²) >= 11 is 5.72. The second-order valence-electron chi connectivity index (χ2n) is 3.65. The third-order valence-corrected chi connectivity index (χ3v) is 2.67. The molecular formula is C12H8ClF3N2. The highest BCUT2D eigenvalue weighted by Crippen LogP contribution is 2.38. The van der Waals surface area contributed by atoms with E-state index in [1.165, 1.54) is 18.2 Å². The molecule has 2 N–H and O–H groups in total. The maximum absolute atomic E-state index is 12.9. The Bertz CT molecular complexity index is 582. The lowest BCUT2D eigenvalue weighted by atomic mass is 10.0. The summed E-state index contributed by atoms with van der Waals surface area (Å²) in [6.45, 7) is 0. The fourth-order valence-electron chi connectivity index (χ4n) is 1.64. The minimum atomic E-state index is -4.45. The van der Waals surface area contributed by atoms with Crippen LogP contribution < -0.4 is 5.73 Å². The molecule has 0 unspecified atom stereocenters. The molecule has 6 heteroatoms. The van der Waals surface area contributed by atoms with Gasteiger partial charge < -0.3 is 5.73 Å². The molecule has 1 heterocycles. The van der Waals surface area contributed by atoms with E-state index in [1.54, 1.807) is 0 Å². The van der Waals surface area contributed by atoms with Gasteiger partial charge >= 0.3 is 6.18 Å². The Morgan fingerprint density at radius 1 is 1.11 bits per heavy atom. The summed E-state index contributed by atoms with van der Waals surface area (Å²) in [6, 6.07) is 5.26. The van der Waals surface area contributed by atoms with Crippen molar-refractivity contribution in [2.75, 3.05) is 5.73 Å². The maximum Gasteiger partial charge on any atom is 0.417 e. The van der Waals surface area contributed by atoms with Crippen molar-refractivity contribution in [2.24, 2.45) is 0 Å². The predicted octanol–water partition coefficient (Wildman–Crippen LogP) is 4.00. The first-order valence-corrected chi connectivity index (χ1v) is 5.34. The lowest BCUT2D eigenvalue weighted by Gasteiger charge is -2.13. The highest BCUT2D eigenvalue weighted by Gasteiger charge is 2.33. The van der Waals surface area contributed by atoms with E-state index >= 15 is 0 Å². The van der Waals surface area contributed by atoms with Crippen LogP contribution in [0.1, 0.15) is 5.56 Å². The van der Waals surface area contributed by atoms with E-state index in [-0.39, 0.29) is 16.8 Å². The average molecular weight is 273 g/mol. The molecule has 94 valence electrons. The van der Waals surface area contributed by atoms with Crippen molar-refractivity contribution < 1.29 is 13.2 Å². The van der Waals surface area contributed by atoms with E-state index in [2.05, 4.69) is 4.98 Å². The van der Waals surface area contributed by atoms with Crippen LogP contribution in [0.2, 0.25) is 5.02 Å². The molecule has 1 aromatic heterocycles. The van der Waals surface area contributed by atoms with Gasteiger partial charge in [0.1, 0.15) is 0 Å². The van der Waals surface area contributed by atoms with Gasteiger partial charge in [-0.1, -0.05) is 17.7 Å². The topological polar surface area (TPSA) is 38.9 Å². The van der Waals surface area contributed by atoms with E-state index in [0.717, 1.165) is 18.5 Å². The van der Waals surface area contributed by atoms with Crippen molar-refractivity contribution in [3.8, 4) is 11.1 Å². The van der Waals surface area contributed by atoms with E-state index < -0.39 is 11.7 Å². The molecule has 18 heavy (non-hydrogen) atoms. The van der Waals surface area contributed by atoms with Crippen molar-refractivity contribution in [3.05, 3.63) is 47.2 Å². The maximum atomic E-state index is 12.9. The molecule has 0 bridgehead atoms. The number of hydrogen-bond donors (Lipinski definition) is 1. The zero-order valence-electron chi connectivity index (χ0n) is 9.00. The number of benzene rings is 1. The van der Waals surface area contributed by atoms with Crippen molar-refractivity contribution >= 4 is 17.3 Å². The molecule has 0 fully saturated rings.